The summed E-state index contributed by atoms with van der Waals surface area (Å²) >= 11 is 0. The van der Waals surface area contributed by atoms with Crippen LogP contribution in [0.1, 0.15) is 55.8 Å². The van der Waals surface area contributed by atoms with Crippen molar-refractivity contribution in [1.29, 1.82) is 0 Å². The number of carbonyl (C=O) groups excluding carboxylic acids is 1. The van der Waals surface area contributed by atoms with E-state index in [1.165, 1.54) is 0 Å². The largest absolute Gasteiger partial charge is 0.490 e. The molecule has 1 unspecified atom stereocenters. The van der Waals surface area contributed by atoms with Crippen LogP contribution in [0.5, 0.6) is 11.5 Å². The molecule has 0 aliphatic heterocycles. The highest BCUT2D eigenvalue weighted by Gasteiger charge is 2.18. The van der Waals surface area contributed by atoms with Gasteiger partial charge in [-0.15, -0.1) is 10.2 Å². The van der Waals surface area contributed by atoms with E-state index in [0.29, 0.717) is 36.1 Å². The molecule has 0 aliphatic rings. The van der Waals surface area contributed by atoms with E-state index >= 15 is 0 Å². The molecule has 1 atom stereocenters. The van der Waals surface area contributed by atoms with Crippen LogP contribution >= 0.6 is 0 Å². The van der Waals surface area contributed by atoms with E-state index in [1.807, 2.05) is 49.6 Å². The van der Waals surface area contributed by atoms with Gasteiger partial charge in [0, 0.05) is 11.8 Å². The maximum Gasteiger partial charge on any atom is 0.252 e. The number of hydrogen-bond donors (Lipinski definition) is 1. The van der Waals surface area contributed by atoms with Crippen molar-refractivity contribution in [1.82, 2.24) is 19.9 Å². The van der Waals surface area contributed by atoms with Gasteiger partial charge in [0.1, 0.15) is 0 Å². The summed E-state index contributed by atoms with van der Waals surface area (Å²) in [6.45, 7) is 7.13. The van der Waals surface area contributed by atoms with Crippen LogP contribution in [0.4, 0.5) is 0 Å². The molecular formula is C21H26N4O3. The van der Waals surface area contributed by atoms with Gasteiger partial charge in [-0.1, -0.05) is 19.9 Å². The van der Waals surface area contributed by atoms with Crippen molar-refractivity contribution in [2.24, 2.45) is 0 Å². The summed E-state index contributed by atoms with van der Waals surface area (Å²) in [5.74, 6) is 1.71. The van der Waals surface area contributed by atoms with Gasteiger partial charge in [-0.3, -0.25) is 9.20 Å². The number of rotatable bonds is 9. The Kier molecular flexibility index (Phi) is 6.47. The Bertz CT molecular complexity index is 938. The number of nitrogens with one attached hydrogen (secondary N) is 1. The molecule has 2 heterocycles. The predicted octanol–water partition coefficient (Wildman–Crippen LogP) is 3.80. The van der Waals surface area contributed by atoms with Gasteiger partial charge in [0.25, 0.3) is 5.91 Å². The summed E-state index contributed by atoms with van der Waals surface area (Å²) in [6, 6.07) is 10.6. The van der Waals surface area contributed by atoms with Crippen LogP contribution in [0.15, 0.2) is 42.6 Å². The monoisotopic (exact) mass is 382 g/mol. The molecular weight excluding hydrogens is 356 g/mol. The quantitative estimate of drug-likeness (QED) is 0.609. The van der Waals surface area contributed by atoms with Crippen LogP contribution in [0, 0.1) is 0 Å². The molecule has 0 spiro atoms. The minimum absolute atomic E-state index is 0.205. The zero-order chi connectivity index (χ0) is 19.9. The smallest absolute Gasteiger partial charge is 0.252 e. The van der Waals surface area contributed by atoms with E-state index in [4.69, 9.17) is 9.47 Å². The molecule has 28 heavy (non-hydrogen) atoms. The molecule has 0 saturated carbocycles. The van der Waals surface area contributed by atoms with Crippen LogP contribution in [0.3, 0.4) is 0 Å². The van der Waals surface area contributed by atoms with E-state index in [9.17, 15) is 4.79 Å². The third kappa shape index (κ3) is 4.42. The molecule has 3 aromatic rings. The second kappa shape index (κ2) is 9.21. The van der Waals surface area contributed by atoms with E-state index in [2.05, 4.69) is 15.5 Å². The lowest BCUT2D eigenvalue weighted by Gasteiger charge is -2.15. The van der Waals surface area contributed by atoms with Crippen molar-refractivity contribution >= 4 is 11.6 Å². The fraction of sp³-hybridized carbons (Fsp3) is 0.381. The van der Waals surface area contributed by atoms with Crippen LogP contribution in [-0.2, 0) is 0 Å². The van der Waals surface area contributed by atoms with Crippen molar-refractivity contribution < 1.29 is 14.3 Å². The standard InChI is InChI=1S/C21H26N4O3/c1-4-12-27-17-10-9-16(14-18(17)28-13-5-2)21(26)22-15(3)20-24-23-19-8-6-7-11-25(19)20/h6-11,14-15H,4-5,12-13H2,1-3H3,(H,22,26). The van der Waals surface area contributed by atoms with Gasteiger partial charge in [-0.2, -0.15) is 0 Å². The fourth-order valence-corrected chi connectivity index (χ4v) is 2.81. The zero-order valence-corrected chi connectivity index (χ0v) is 16.5. The fourth-order valence-electron chi connectivity index (χ4n) is 2.81. The molecule has 0 saturated heterocycles. The van der Waals surface area contributed by atoms with Crippen molar-refractivity contribution in [2.45, 2.75) is 39.7 Å². The van der Waals surface area contributed by atoms with Crippen molar-refractivity contribution in [3.8, 4) is 11.5 Å². The summed E-state index contributed by atoms with van der Waals surface area (Å²) < 4.78 is 13.4. The second-order valence-electron chi connectivity index (χ2n) is 6.54. The van der Waals surface area contributed by atoms with Crippen molar-refractivity contribution in [2.75, 3.05) is 13.2 Å². The van der Waals surface area contributed by atoms with Gasteiger partial charge in [0.05, 0.1) is 19.3 Å². The highest BCUT2D eigenvalue weighted by Crippen LogP contribution is 2.29. The van der Waals surface area contributed by atoms with Gasteiger partial charge < -0.3 is 14.8 Å². The zero-order valence-electron chi connectivity index (χ0n) is 16.5. The molecule has 0 radical (unpaired) electrons. The number of aromatic nitrogens is 3. The second-order valence-corrected chi connectivity index (χ2v) is 6.54. The molecule has 1 amide bonds. The maximum absolute atomic E-state index is 12.8. The minimum atomic E-state index is -0.305. The first-order chi connectivity index (χ1) is 13.6. The molecule has 0 bridgehead atoms. The lowest BCUT2D eigenvalue weighted by Crippen LogP contribution is -2.28. The summed E-state index contributed by atoms with van der Waals surface area (Å²) in [4.78, 5) is 12.8. The first kappa shape index (κ1) is 19.7. The molecule has 2 aromatic heterocycles. The number of fused-ring (bicyclic) bond motifs is 1. The predicted molar refractivity (Wildman–Crippen MR) is 107 cm³/mol. The van der Waals surface area contributed by atoms with Gasteiger partial charge in [-0.05, 0) is 50.1 Å². The molecule has 1 aromatic carbocycles. The third-order valence-corrected chi connectivity index (χ3v) is 4.20. The molecule has 1 N–H and O–H groups in total. The first-order valence-electron chi connectivity index (χ1n) is 9.64. The topological polar surface area (TPSA) is 77.8 Å². The normalized spacial score (nSPS) is 12.0. The van der Waals surface area contributed by atoms with Crippen LogP contribution < -0.4 is 14.8 Å². The highest BCUT2D eigenvalue weighted by molar-refractivity contribution is 5.95. The summed E-state index contributed by atoms with van der Waals surface area (Å²) in [5, 5.41) is 11.3. The van der Waals surface area contributed by atoms with Crippen LogP contribution in [0.25, 0.3) is 5.65 Å². The van der Waals surface area contributed by atoms with Gasteiger partial charge in [0.15, 0.2) is 23.0 Å². The Labute approximate surface area is 164 Å². The number of carbonyl (C=O) groups is 1. The van der Waals surface area contributed by atoms with E-state index in [1.54, 1.807) is 18.2 Å². The molecule has 7 heteroatoms. The Balaban J connectivity index is 1.77. The lowest BCUT2D eigenvalue weighted by atomic mass is 10.1. The number of pyridine rings is 1. The molecule has 3 rings (SSSR count). The Hall–Kier alpha value is -3.09. The SMILES string of the molecule is CCCOc1ccc(C(=O)NC(C)c2nnc3ccccn23)cc1OCCC. The van der Waals surface area contributed by atoms with Crippen molar-refractivity contribution in [3.05, 3.63) is 54.0 Å². The van der Waals surface area contributed by atoms with Crippen molar-refractivity contribution in [3.63, 3.8) is 0 Å². The number of benzene rings is 1. The van der Waals surface area contributed by atoms with Crippen LogP contribution in [-0.4, -0.2) is 33.7 Å². The Morgan fingerprint density at radius 1 is 1.07 bits per heavy atom. The number of hydrogen-bond acceptors (Lipinski definition) is 5. The lowest BCUT2D eigenvalue weighted by molar-refractivity contribution is 0.0937. The summed E-state index contributed by atoms with van der Waals surface area (Å²) in [5.41, 5.74) is 1.25. The van der Waals surface area contributed by atoms with Crippen LogP contribution in [0.2, 0.25) is 0 Å². The third-order valence-electron chi connectivity index (χ3n) is 4.20. The first-order valence-corrected chi connectivity index (χ1v) is 9.64. The Morgan fingerprint density at radius 2 is 1.82 bits per heavy atom. The van der Waals surface area contributed by atoms with Gasteiger partial charge in [0.2, 0.25) is 0 Å². The number of nitrogens with zero attached hydrogens (tertiary/aromatic N) is 3. The highest BCUT2D eigenvalue weighted by atomic mass is 16.5. The molecule has 0 aliphatic carbocycles. The average molecular weight is 382 g/mol. The molecule has 0 fully saturated rings. The van der Waals surface area contributed by atoms with Gasteiger partial charge >= 0.3 is 0 Å². The number of amides is 1. The van der Waals surface area contributed by atoms with E-state index < -0.39 is 0 Å². The Morgan fingerprint density at radius 3 is 2.57 bits per heavy atom. The van der Waals surface area contributed by atoms with E-state index in [-0.39, 0.29) is 11.9 Å². The molecule has 7 nitrogen and oxygen atoms in total. The van der Waals surface area contributed by atoms with E-state index in [0.717, 1.165) is 18.5 Å². The minimum Gasteiger partial charge on any atom is -0.490 e. The average Bonchev–Trinajstić information content (AvgIpc) is 3.15. The van der Waals surface area contributed by atoms with Gasteiger partial charge in [-0.25, -0.2) is 0 Å². The molecule has 148 valence electrons. The summed E-state index contributed by atoms with van der Waals surface area (Å²) in [7, 11) is 0. The summed E-state index contributed by atoms with van der Waals surface area (Å²) in [6.07, 6.45) is 3.66. The maximum atomic E-state index is 12.8. The number of ether oxygens (including phenoxy) is 2.